The highest BCUT2D eigenvalue weighted by molar-refractivity contribution is 5.31. The van der Waals surface area contributed by atoms with Crippen molar-refractivity contribution in [1.82, 2.24) is 0 Å². The topological polar surface area (TPSA) is 92.3 Å². The molecule has 40 heavy (non-hydrogen) atoms. The summed E-state index contributed by atoms with van der Waals surface area (Å²) in [4.78, 5) is 0. The summed E-state index contributed by atoms with van der Waals surface area (Å²) in [6.45, 7) is 9.22. The first-order valence-electron chi connectivity index (χ1n) is 14.0. The third-order valence-electron chi connectivity index (χ3n) is 5.61. The number of hydrogen-bond acceptors (Lipinski definition) is 10. The van der Waals surface area contributed by atoms with Crippen LogP contribution in [0.5, 0.6) is 11.5 Å². The average molecular weight is 565 g/mol. The van der Waals surface area contributed by atoms with Crippen LogP contribution in [-0.4, -0.2) is 106 Å². The fraction of sp³-hybridized carbons (Fsp3) is 0.600. The van der Waals surface area contributed by atoms with Gasteiger partial charge in [-0.2, -0.15) is 0 Å². The molecule has 10 nitrogen and oxygen atoms in total. The number of benzene rings is 2. The molecule has 4 aliphatic rings. The van der Waals surface area contributed by atoms with E-state index < -0.39 is 0 Å². The Kier molecular flexibility index (Phi) is 18.1. The fourth-order valence-electron chi connectivity index (χ4n) is 3.50. The quantitative estimate of drug-likeness (QED) is 0.475. The molecule has 4 aliphatic heterocycles. The van der Waals surface area contributed by atoms with Crippen molar-refractivity contribution in [2.75, 3.05) is 106 Å². The maximum absolute atomic E-state index is 5.69. The van der Waals surface area contributed by atoms with Crippen molar-refractivity contribution in [2.45, 2.75) is 13.2 Å². The molecule has 6 rings (SSSR count). The van der Waals surface area contributed by atoms with Crippen molar-refractivity contribution in [1.29, 1.82) is 0 Å². The lowest BCUT2D eigenvalue weighted by Crippen LogP contribution is -2.14. The lowest BCUT2D eigenvalue weighted by atomic mass is 10.1. The van der Waals surface area contributed by atoms with Gasteiger partial charge in [-0.05, 0) is 35.4 Å². The Hall–Kier alpha value is -2.28. The van der Waals surface area contributed by atoms with Crippen LogP contribution in [0.15, 0.2) is 48.5 Å². The molecular weight excluding hydrogens is 520 g/mol. The second-order valence-electron chi connectivity index (χ2n) is 8.76. The summed E-state index contributed by atoms with van der Waals surface area (Å²) in [6, 6.07) is 15.7. The van der Waals surface area contributed by atoms with Crippen LogP contribution in [-0.2, 0) is 51.1 Å². The largest absolute Gasteiger partial charge is 0.491 e. The van der Waals surface area contributed by atoms with Gasteiger partial charge in [-0.1, -0.05) is 24.3 Å². The molecule has 2 aromatic carbocycles. The van der Waals surface area contributed by atoms with Crippen molar-refractivity contribution in [3.8, 4) is 11.5 Å². The second kappa shape index (κ2) is 22.4. The van der Waals surface area contributed by atoms with Gasteiger partial charge in [-0.3, -0.25) is 0 Å². The molecule has 0 spiro atoms. The number of ether oxygens (including phenoxy) is 10. The molecule has 0 unspecified atom stereocenters. The first kappa shape index (κ1) is 32.2. The molecule has 4 heterocycles. The molecule has 10 heteroatoms. The molecule has 224 valence electrons. The van der Waals surface area contributed by atoms with Gasteiger partial charge < -0.3 is 47.4 Å². The zero-order valence-corrected chi connectivity index (χ0v) is 23.4. The van der Waals surface area contributed by atoms with Gasteiger partial charge in [0.25, 0.3) is 0 Å². The van der Waals surface area contributed by atoms with E-state index in [1.807, 2.05) is 24.3 Å². The van der Waals surface area contributed by atoms with Gasteiger partial charge in [-0.25, -0.2) is 0 Å². The Balaban J connectivity index is 1.30. The highest BCUT2D eigenvalue weighted by atomic mass is 16.6. The monoisotopic (exact) mass is 564 g/mol. The Morgan fingerprint density at radius 1 is 0.275 bits per heavy atom. The summed E-state index contributed by atoms with van der Waals surface area (Å²) in [5.41, 5.74) is 2.22. The number of hydrogen-bond donors (Lipinski definition) is 0. The van der Waals surface area contributed by atoms with E-state index in [0.29, 0.717) is 119 Å². The van der Waals surface area contributed by atoms with Gasteiger partial charge in [0.2, 0.25) is 0 Å². The van der Waals surface area contributed by atoms with E-state index in [9.17, 15) is 0 Å². The maximum Gasteiger partial charge on any atom is 0.119 e. The molecule has 0 atom stereocenters. The third-order valence-corrected chi connectivity index (χ3v) is 5.61. The molecule has 0 amide bonds. The van der Waals surface area contributed by atoms with Crippen LogP contribution in [0, 0.1) is 0 Å². The van der Waals surface area contributed by atoms with Gasteiger partial charge in [0.15, 0.2) is 0 Å². The predicted octanol–water partition coefficient (Wildman–Crippen LogP) is 3.29. The van der Waals surface area contributed by atoms with Crippen LogP contribution in [0.25, 0.3) is 0 Å². The molecular formula is C30H44O10. The minimum atomic E-state index is 0.462. The molecule has 0 fully saturated rings. The highest BCUT2D eigenvalue weighted by Gasteiger charge is 2.00. The normalized spacial score (nSPS) is 19.8. The van der Waals surface area contributed by atoms with Gasteiger partial charge in [-0.15, -0.1) is 0 Å². The van der Waals surface area contributed by atoms with Crippen molar-refractivity contribution in [2.24, 2.45) is 0 Å². The summed E-state index contributed by atoms with van der Waals surface area (Å²) >= 11 is 0. The Labute approximate surface area is 237 Å². The predicted molar refractivity (Wildman–Crippen MR) is 148 cm³/mol. The molecule has 0 saturated carbocycles. The van der Waals surface area contributed by atoms with E-state index in [2.05, 4.69) is 24.3 Å². The van der Waals surface area contributed by atoms with Gasteiger partial charge >= 0.3 is 0 Å². The first-order valence-corrected chi connectivity index (χ1v) is 14.0. The third kappa shape index (κ3) is 16.1. The minimum Gasteiger partial charge on any atom is -0.491 e. The summed E-state index contributed by atoms with van der Waals surface area (Å²) in [5.74, 6) is 1.53. The molecule has 0 radical (unpaired) electrons. The van der Waals surface area contributed by atoms with E-state index in [-0.39, 0.29) is 0 Å². The van der Waals surface area contributed by atoms with Gasteiger partial charge in [0.1, 0.15) is 24.7 Å². The summed E-state index contributed by atoms with van der Waals surface area (Å²) < 4.78 is 56.0. The molecule has 0 aliphatic carbocycles. The van der Waals surface area contributed by atoms with Crippen LogP contribution in [0.3, 0.4) is 0 Å². The van der Waals surface area contributed by atoms with Crippen molar-refractivity contribution in [3.63, 3.8) is 0 Å². The minimum absolute atomic E-state index is 0.462. The van der Waals surface area contributed by atoms with Crippen LogP contribution >= 0.6 is 0 Å². The lowest BCUT2D eigenvalue weighted by Gasteiger charge is -2.10. The lowest BCUT2D eigenvalue weighted by molar-refractivity contribution is -0.00691. The molecule has 0 N–H and O–H groups in total. The van der Waals surface area contributed by atoms with E-state index in [0.717, 1.165) is 22.6 Å². The maximum atomic E-state index is 5.69. The summed E-state index contributed by atoms with van der Waals surface area (Å²) in [6.07, 6.45) is 0. The SMILES string of the molecule is c1cc2ccc1COCCOCCOCCOCCOc1ccc(cc1)OCCOCCOCCOCCOC2. The Morgan fingerprint density at radius 2 is 0.525 bits per heavy atom. The van der Waals surface area contributed by atoms with Crippen LogP contribution < -0.4 is 9.47 Å². The van der Waals surface area contributed by atoms with Crippen molar-refractivity contribution in [3.05, 3.63) is 59.7 Å². The number of rotatable bonds is 0. The van der Waals surface area contributed by atoms with Gasteiger partial charge in [0.05, 0.1) is 106 Å². The molecule has 2 aromatic rings. The molecule has 4 bridgehead atoms. The fourth-order valence-corrected chi connectivity index (χ4v) is 3.50. The zero-order chi connectivity index (χ0) is 27.8. The highest BCUT2D eigenvalue weighted by Crippen LogP contribution is 2.17. The standard InChI is InChI=1S/C30H44O10/c1-2-28-4-3-27(1)25-37-19-17-33-11-9-31-13-15-35-21-23-39-29-5-7-30(8-6-29)40-24-22-36-16-14-32-10-12-34-18-20-38-26-28/h1-8H,9-26H2. The smallest absolute Gasteiger partial charge is 0.119 e. The van der Waals surface area contributed by atoms with E-state index >= 15 is 0 Å². The van der Waals surface area contributed by atoms with Crippen LogP contribution in [0.1, 0.15) is 11.1 Å². The Bertz CT molecular complexity index is 705. The molecule has 0 saturated heterocycles. The van der Waals surface area contributed by atoms with E-state index in [1.165, 1.54) is 0 Å². The summed E-state index contributed by atoms with van der Waals surface area (Å²) in [7, 11) is 0. The average Bonchev–Trinajstić information content (AvgIpc) is 2.98. The summed E-state index contributed by atoms with van der Waals surface area (Å²) in [5, 5.41) is 0. The molecule has 0 aromatic heterocycles. The van der Waals surface area contributed by atoms with E-state index in [4.69, 9.17) is 47.4 Å². The van der Waals surface area contributed by atoms with Gasteiger partial charge in [0, 0.05) is 0 Å². The zero-order valence-electron chi connectivity index (χ0n) is 23.4. The first-order chi connectivity index (χ1) is 19.9. The van der Waals surface area contributed by atoms with Crippen molar-refractivity contribution >= 4 is 0 Å². The van der Waals surface area contributed by atoms with Crippen LogP contribution in [0.4, 0.5) is 0 Å². The van der Waals surface area contributed by atoms with E-state index in [1.54, 1.807) is 0 Å². The Morgan fingerprint density at radius 3 is 0.825 bits per heavy atom. The van der Waals surface area contributed by atoms with Crippen LogP contribution in [0.2, 0.25) is 0 Å². The second-order valence-corrected chi connectivity index (χ2v) is 8.76. The van der Waals surface area contributed by atoms with Crippen molar-refractivity contribution < 1.29 is 47.4 Å².